The summed E-state index contributed by atoms with van der Waals surface area (Å²) in [6, 6.07) is -0.785. The summed E-state index contributed by atoms with van der Waals surface area (Å²) >= 11 is 0. The largest absolute Gasteiger partial charge is 0.394 e. The summed E-state index contributed by atoms with van der Waals surface area (Å²) in [6.45, 7) is -0.367. The molecule has 20 heavy (non-hydrogen) atoms. The summed E-state index contributed by atoms with van der Waals surface area (Å²) in [5.41, 5.74) is 11.2. The lowest BCUT2D eigenvalue weighted by Crippen LogP contribution is -2.39. The van der Waals surface area contributed by atoms with Crippen LogP contribution in [-0.2, 0) is 4.74 Å². The van der Waals surface area contributed by atoms with Crippen LogP contribution < -0.4 is 17.0 Å². The third-order valence-electron chi connectivity index (χ3n) is 3.32. The molecule has 0 spiro atoms. The van der Waals surface area contributed by atoms with Crippen LogP contribution in [0.15, 0.2) is 11.1 Å². The summed E-state index contributed by atoms with van der Waals surface area (Å²) in [4.78, 5) is 21.9. The standard InChI is InChI=1S/C10H14N6O4/c11-4-6(18)3(1-17)20-9(4)16-2-13-5-7(16)14-10(12)15-8(5)19/h2-4,6,9,17-18H,1,11H2,(H3,12,14,15,19)/t3-,4+,6-,9-/m1/s1. The van der Waals surface area contributed by atoms with E-state index >= 15 is 0 Å². The van der Waals surface area contributed by atoms with Crippen LogP contribution in [0, 0.1) is 0 Å². The highest BCUT2D eigenvalue weighted by atomic mass is 16.5. The van der Waals surface area contributed by atoms with Crippen LogP contribution in [0.3, 0.4) is 0 Å². The van der Waals surface area contributed by atoms with E-state index in [0.29, 0.717) is 0 Å². The minimum absolute atomic E-state index is 0.0601. The van der Waals surface area contributed by atoms with Gasteiger partial charge < -0.3 is 26.4 Å². The molecule has 10 nitrogen and oxygen atoms in total. The maximum atomic E-state index is 11.7. The first-order valence-electron chi connectivity index (χ1n) is 5.95. The highest BCUT2D eigenvalue weighted by molar-refractivity contribution is 5.70. The molecule has 0 aromatic carbocycles. The number of hydrogen-bond acceptors (Lipinski definition) is 8. The Labute approximate surface area is 112 Å². The maximum Gasteiger partial charge on any atom is 0.280 e. The number of anilines is 1. The quantitative estimate of drug-likeness (QED) is 0.396. The summed E-state index contributed by atoms with van der Waals surface area (Å²) in [5, 5.41) is 19.0. The number of aromatic amines is 1. The fourth-order valence-electron chi connectivity index (χ4n) is 2.30. The van der Waals surface area contributed by atoms with Crippen molar-refractivity contribution in [3.8, 4) is 0 Å². The molecule has 7 N–H and O–H groups in total. The molecular formula is C10H14N6O4. The zero-order valence-corrected chi connectivity index (χ0v) is 10.3. The number of nitrogens with one attached hydrogen (secondary N) is 1. The van der Waals surface area contributed by atoms with E-state index in [0.717, 1.165) is 0 Å². The van der Waals surface area contributed by atoms with Crippen LogP contribution in [0.4, 0.5) is 5.95 Å². The molecule has 2 aromatic heterocycles. The van der Waals surface area contributed by atoms with Gasteiger partial charge in [0.15, 0.2) is 17.4 Å². The Bertz CT molecular complexity index is 697. The lowest BCUT2D eigenvalue weighted by Gasteiger charge is -2.17. The van der Waals surface area contributed by atoms with Gasteiger partial charge in [-0.05, 0) is 0 Å². The number of aliphatic hydroxyl groups excluding tert-OH is 2. The molecule has 0 amide bonds. The normalized spacial score (nSPS) is 30.1. The van der Waals surface area contributed by atoms with Gasteiger partial charge in [-0.15, -0.1) is 0 Å². The number of fused-ring (bicyclic) bond motifs is 1. The minimum atomic E-state index is -1.03. The number of nitrogens with zero attached hydrogens (tertiary/aromatic N) is 3. The summed E-state index contributed by atoms with van der Waals surface area (Å²) in [7, 11) is 0. The van der Waals surface area contributed by atoms with E-state index in [2.05, 4.69) is 15.0 Å². The van der Waals surface area contributed by atoms with E-state index in [9.17, 15) is 9.90 Å². The summed E-state index contributed by atoms with van der Waals surface area (Å²) < 4.78 is 6.89. The second-order valence-corrected chi connectivity index (χ2v) is 4.59. The maximum absolute atomic E-state index is 11.7. The van der Waals surface area contributed by atoms with Crippen molar-refractivity contribution in [2.24, 2.45) is 5.73 Å². The topological polar surface area (TPSA) is 165 Å². The molecular weight excluding hydrogens is 268 g/mol. The molecule has 1 saturated heterocycles. The average Bonchev–Trinajstić information content (AvgIpc) is 2.93. The van der Waals surface area contributed by atoms with E-state index in [1.54, 1.807) is 0 Å². The van der Waals surface area contributed by atoms with Gasteiger partial charge >= 0.3 is 0 Å². The first-order valence-corrected chi connectivity index (χ1v) is 5.95. The number of rotatable bonds is 2. The number of H-pyrrole nitrogens is 1. The summed E-state index contributed by atoms with van der Waals surface area (Å²) in [6.07, 6.45) is -1.28. The Kier molecular flexibility index (Phi) is 2.94. The Morgan fingerprint density at radius 3 is 2.95 bits per heavy atom. The lowest BCUT2D eigenvalue weighted by molar-refractivity contribution is -0.0437. The smallest absolute Gasteiger partial charge is 0.280 e. The monoisotopic (exact) mass is 282 g/mol. The molecule has 1 aliphatic rings. The van der Waals surface area contributed by atoms with E-state index in [4.69, 9.17) is 21.3 Å². The van der Waals surface area contributed by atoms with E-state index < -0.39 is 30.0 Å². The van der Waals surface area contributed by atoms with Gasteiger partial charge in [0.25, 0.3) is 5.56 Å². The Balaban J connectivity index is 2.09. The Hall–Kier alpha value is -2.01. The molecule has 0 unspecified atom stereocenters. The molecule has 3 rings (SSSR count). The van der Waals surface area contributed by atoms with Crippen molar-refractivity contribution < 1.29 is 14.9 Å². The van der Waals surface area contributed by atoms with E-state index in [1.807, 2.05) is 0 Å². The van der Waals surface area contributed by atoms with Gasteiger partial charge in [0, 0.05) is 0 Å². The highest BCUT2D eigenvalue weighted by Crippen LogP contribution is 2.29. The molecule has 0 bridgehead atoms. The van der Waals surface area contributed by atoms with Crippen LogP contribution in [0.1, 0.15) is 6.23 Å². The van der Waals surface area contributed by atoms with Crippen LogP contribution in [0.5, 0.6) is 0 Å². The zero-order chi connectivity index (χ0) is 14.4. The van der Waals surface area contributed by atoms with Crippen LogP contribution in [-0.4, -0.2) is 54.6 Å². The average molecular weight is 282 g/mol. The van der Waals surface area contributed by atoms with Crippen molar-refractivity contribution in [2.75, 3.05) is 12.3 Å². The van der Waals surface area contributed by atoms with Gasteiger partial charge in [-0.3, -0.25) is 14.3 Å². The first-order chi connectivity index (χ1) is 9.52. The number of aliphatic hydroxyl groups is 2. The van der Waals surface area contributed by atoms with Crippen molar-refractivity contribution in [3.05, 3.63) is 16.7 Å². The molecule has 0 saturated carbocycles. The van der Waals surface area contributed by atoms with Crippen molar-refractivity contribution in [1.82, 2.24) is 19.5 Å². The second-order valence-electron chi connectivity index (χ2n) is 4.59. The van der Waals surface area contributed by atoms with Gasteiger partial charge in [-0.2, -0.15) is 4.98 Å². The second kappa shape index (κ2) is 4.52. The molecule has 0 aliphatic carbocycles. The van der Waals surface area contributed by atoms with Crippen molar-refractivity contribution in [2.45, 2.75) is 24.5 Å². The number of aromatic nitrogens is 4. The molecule has 2 aromatic rings. The Morgan fingerprint density at radius 1 is 1.55 bits per heavy atom. The number of nitrogen functional groups attached to an aromatic ring is 1. The number of ether oxygens (including phenoxy) is 1. The van der Waals surface area contributed by atoms with Gasteiger partial charge in [-0.25, -0.2) is 4.98 Å². The SMILES string of the molecule is Nc1nc2c(ncn2[C@@H]2O[C@H](CO)[C@@H](O)[C@@H]2N)c(=O)[nH]1. The van der Waals surface area contributed by atoms with Gasteiger partial charge in [0.1, 0.15) is 12.2 Å². The fourth-order valence-corrected chi connectivity index (χ4v) is 2.30. The molecule has 4 atom stereocenters. The molecule has 3 heterocycles. The highest BCUT2D eigenvalue weighted by Gasteiger charge is 2.42. The minimum Gasteiger partial charge on any atom is -0.394 e. The number of nitrogens with two attached hydrogens (primary N) is 2. The van der Waals surface area contributed by atoms with Crippen molar-refractivity contribution in [1.29, 1.82) is 0 Å². The summed E-state index contributed by atoms with van der Waals surface area (Å²) in [5.74, 6) is -0.0601. The predicted molar refractivity (Wildman–Crippen MR) is 67.5 cm³/mol. The fraction of sp³-hybridized carbons (Fsp3) is 0.500. The number of imidazole rings is 1. The molecule has 10 heteroatoms. The zero-order valence-electron chi connectivity index (χ0n) is 10.3. The third kappa shape index (κ3) is 1.78. The van der Waals surface area contributed by atoms with Gasteiger partial charge in [0.2, 0.25) is 5.95 Å². The van der Waals surface area contributed by atoms with Crippen LogP contribution in [0.2, 0.25) is 0 Å². The van der Waals surface area contributed by atoms with E-state index in [-0.39, 0.29) is 23.7 Å². The van der Waals surface area contributed by atoms with Gasteiger partial charge in [0.05, 0.1) is 19.0 Å². The van der Waals surface area contributed by atoms with Crippen LogP contribution in [0.25, 0.3) is 11.2 Å². The lowest BCUT2D eigenvalue weighted by atomic mass is 10.1. The van der Waals surface area contributed by atoms with Crippen molar-refractivity contribution in [3.63, 3.8) is 0 Å². The van der Waals surface area contributed by atoms with Crippen LogP contribution >= 0.6 is 0 Å². The molecule has 1 fully saturated rings. The number of hydrogen-bond donors (Lipinski definition) is 5. The molecule has 108 valence electrons. The van der Waals surface area contributed by atoms with Crippen molar-refractivity contribution >= 4 is 17.1 Å². The molecule has 1 aliphatic heterocycles. The molecule has 0 radical (unpaired) electrons. The predicted octanol–water partition coefficient (Wildman–Crippen LogP) is -2.72. The first kappa shape index (κ1) is 13.0. The third-order valence-corrected chi connectivity index (χ3v) is 3.32. The van der Waals surface area contributed by atoms with Gasteiger partial charge in [-0.1, -0.05) is 0 Å². The van der Waals surface area contributed by atoms with E-state index in [1.165, 1.54) is 10.9 Å². The Morgan fingerprint density at radius 2 is 2.30 bits per heavy atom.